The second-order valence-corrected chi connectivity index (χ2v) is 3.33. The van der Waals surface area contributed by atoms with Gasteiger partial charge in [0.2, 0.25) is 0 Å². The van der Waals surface area contributed by atoms with Crippen molar-refractivity contribution in [2.24, 2.45) is 0 Å². The zero-order valence-electron chi connectivity index (χ0n) is 9.58. The van der Waals surface area contributed by atoms with Crippen LogP contribution in [0, 0.1) is 0 Å². The van der Waals surface area contributed by atoms with Crippen LogP contribution in [0.4, 0.5) is 0 Å². The van der Waals surface area contributed by atoms with Crippen molar-refractivity contribution >= 4 is 15.9 Å². The Balaban J connectivity index is 2.60. The van der Waals surface area contributed by atoms with Crippen LogP contribution in [0.15, 0.2) is 47.3 Å². The Labute approximate surface area is 89.0 Å². The lowest BCUT2D eigenvalue weighted by Crippen LogP contribution is -1.83. The summed E-state index contributed by atoms with van der Waals surface area (Å²) in [5, 5.41) is 0. The first-order valence-electron chi connectivity index (χ1n) is 5.15. The molecule has 0 saturated heterocycles. The molecular weight excluding hydrogens is 228 g/mol. The molecule has 0 radical (unpaired) electrons. The van der Waals surface area contributed by atoms with Gasteiger partial charge in [-0.05, 0) is 12.1 Å². The molecule has 2 aromatic rings. The van der Waals surface area contributed by atoms with Gasteiger partial charge in [0.1, 0.15) is 0 Å². The minimum absolute atomic E-state index is 0.0842. The summed E-state index contributed by atoms with van der Waals surface area (Å²) in [5.41, 5.74) is 1.03. The maximum Gasteiger partial charge on any atom is 0.0885 e. The van der Waals surface area contributed by atoms with Crippen molar-refractivity contribution in [2.45, 2.75) is 0 Å². The maximum atomic E-state index is 7.62. The van der Waals surface area contributed by atoms with E-state index in [1.165, 1.54) is 0 Å². The van der Waals surface area contributed by atoms with Crippen molar-refractivity contribution in [3.05, 3.63) is 47.3 Å². The van der Waals surface area contributed by atoms with E-state index in [-0.39, 0.29) is 18.5 Å². The number of halogens is 1. The molecule has 0 bridgehead atoms. The number of hydrogen-bond donors (Lipinski definition) is 0. The molecular formula is C10H7BrN2. The highest BCUT2D eigenvalue weighted by Crippen LogP contribution is 2.19. The van der Waals surface area contributed by atoms with Crippen molar-refractivity contribution in [1.29, 1.82) is 0 Å². The molecule has 2 rings (SSSR count). The molecule has 0 aliphatic rings. The van der Waals surface area contributed by atoms with Crippen LogP contribution in [-0.2, 0) is 0 Å². The number of hydrogen-bond acceptors (Lipinski definition) is 2. The summed E-state index contributed by atoms with van der Waals surface area (Å²) in [7, 11) is 0. The quantitative estimate of drug-likeness (QED) is 0.763. The first-order chi connectivity index (χ1) is 7.58. The second-order valence-electron chi connectivity index (χ2n) is 2.42. The molecule has 0 aliphatic heterocycles. The lowest BCUT2D eigenvalue weighted by molar-refractivity contribution is 1.20. The summed E-state index contributed by atoms with van der Waals surface area (Å²) >= 11 is 3.32. The van der Waals surface area contributed by atoms with E-state index in [4.69, 9.17) is 4.11 Å². The van der Waals surface area contributed by atoms with E-state index in [0.29, 0.717) is 11.3 Å². The topological polar surface area (TPSA) is 25.8 Å². The molecule has 0 unspecified atom stereocenters. The minimum Gasteiger partial charge on any atom is -0.261 e. The van der Waals surface area contributed by atoms with Crippen molar-refractivity contribution in [2.75, 3.05) is 0 Å². The van der Waals surface area contributed by atoms with Crippen LogP contribution >= 0.6 is 15.9 Å². The predicted octanol–water partition coefficient (Wildman–Crippen LogP) is 2.91. The van der Waals surface area contributed by atoms with Crippen molar-refractivity contribution in [3.8, 4) is 11.3 Å². The van der Waals surface area contributed by atoms with Crippen LogP contribution in [0.1, 0.15) is 4.11 Å². The summed E-state index contributed by atoms with van der Waals surface area (Å²) in [6, 6.07) is 7.26. The van der Waals surface area contributed by atoms with Gasteiger partial charge in [-0.2, -0.15) is 0 Å². The highest BCUT2D eigenvalue weighted by molar-refractivity contribution is 9.10. The minimum atomic E-state index is -0.274. The molecule has 13 heavy (non-hydrogen) atoms. The molecule has 0 saturated carbocycles. The average molecular weight is 238 g/mol. The van der Waals surface area contributed by atoms with Crippen LogP contribution in [0.25, 0.3) is 11.3 Å². The molecule has 64 valence electrons. The third-order valence-corrected chi connectivity index (χ3v) is 2.03. The Hall–Kier alpha value is -1.22. The fourth-order valence-corrected chi connectivity index (χ4v) is 1.38. The number of rotatable bonds is 1. The van der Waals surface area contributed by atoms with Gasteiger partial charge in [0, 0.05) is 22.4 Å². The van der Waals surface area contributed by atoms with Crippen molar-refractivity contribution < 1.29 is 4.11 Å². The normalized spacial score (nSPS) is 13.2. The molecule has 2 nitrogen and oxygen atoms in total. The van der Waals surface area contributed by atoms with Crippen molar-refractivity contribution in [3.63, 3.8) is 0 Å². The van der Waals surface area contributed by atoms with E-state index >= 15 is 0 Å². The van der Waals surface area contributed by atoms with E-state index in [1.807, 2.05) is 12.1 Å². The van der Waals surface area contributed by atoms with E-state index in [9.17, 15) is 0 Å². The summed E-state index contributed by atoms with van der Waals surface area (Å²) < 4.78 is 23.2. The second kappa shape index (κ2) is 3.66. The Morgan fingerprint density at radius 2 is 2.23 bits per heavy atom. The zero-order chi connectivity index (χ0) is 11.7. The van der Waals surface area contributed by atoms with E-state index in [1.54, 1.807) is 12.1 Å². The number of aromatic nitrogens is 2. The molecule has 1 heterocycles. The third-order valence-electron chi connectivity index (χ3n) is 1.53. The first-order valence-corrected chi connectivity index (χ1v) is 4.45. The molecule has 1 aromatic carbocycles. The molecule has 0 aliphatic carbocycles. The molecule has 0 atom stereocenters. The molecule has 0 spiro atoms. The van der Waals surface area contributed by atoms with Gasteiger partial charge in [-0.15, -0.1) is 0 Å². The van der Waals surface area contributed by atoms with Gasteiger partial charge in [0.25, 0.3) is 0 Å². The lowest BCUT2D eigenvalue weighted by atomic mass is 10.2. The van der Waals surface area contributed by atoms with Gasteiger partial charge < -0.3 is 0 Å². The van der Waals surface area contributed by atoms with E-state index in [2.05, 4.69) is 25.9 Å². The Morgan fingerprint density at radius 1 is 1.31 bits per heavy atom. The first kappa shape index (κ1) is 5.50. The number of nitrogens with zero attached hydrogens (tertiary/aromatic N) is 2. The molecule has 3 heteroatoms. The molecule has 0 amide bonds. The number of benzene rings is 1. The third kappa shape index (κ3) is 1.92. The van der Waals surface area contributed by atoms with Crippen LogP contribution in [0.3, 0.4) is 0 Å². The summed E-state index contributed by atoms with van der Waals surface area (Å²) in [5.74, 6) is 0. The van der Waals surface area contributed by atoms with Crippen LogP contribution < -0.4 is 0 Å². The standard InChI is InChI=1S/C10H7BrN2/c11-9-3-1-2-8(6-9)10-7-12-4-5-13-10/h1-7H/i4D,5D,7D. The highest BCUT2D eigenvalue weighted by Gasteiger charge is 1.97. The summed E-state index contributed by atoms with van der Waals surface area (Å²) in [4.78, 5) is 7.54. The van der Waals surface area contributed by atoms with Crippen LogP contribution in [0.2, 0.25) is 0 Å². The largest absolute Gasteiger partial charge is 0.261 e. The van der Waals surface area contributed by atoms with Crippen molar-refractivity contribution in [1.82, 2.24) is 9.97 Å². The molecule has 0 N–H and O–H groups in total. The maximum absolute atomic E-state index is 7.62. The van der Waals surface area contributed by atoms with Gasteiger partial charge >= 0.3 is 0 Å². The van der Waals surface area contributed by atoms with Gasteiger partial charge in [0.05, 0.1) is 16.0 Å². The fraction of sp³-hybridized carbons (Fsp3) is 0. The SMILES string of the molecule is [2H]c1nc([2H])c(-c2cccc(Br)c2)nc1[2H]. The Morgan fingerprint density at radius 3 is 3.08 bits per heavy atom. The van der Waals surface area contributed by atoms with Crippen LogP contribution in [-0.4, -0.2) is 9.97 Å². The Bertz CT molecular complexity index is 546. The molecule has 1 aromatic heterocycles. The van der Waals surface area contributed by atoms with Gasteiger partial charge in [-0.25, -0.2) is 0 Å². The summed E-state index contributed by atoms with van der Waals surface area (Å²) in [6.45, 7) is 0. The highest BCUT2D eigenvalue weighted by atomic mass is 79.9. The van der Waals surface area contributed by atoms with E-state index < -0.39 is 0 Å². The molecule has 0 fully saturated rings. The van der Waals surface area contributed by atoms with Gasteiger partial charge in [0.15, 0.2) is 0 Å². The predicted molar refractivity (Wildman–Crippen MR) is 55.2 cm³/mol. The summed E-state index contributed by atoms with van der Waals surface area (Å²) in [6.07, 6.45) is -0.575. The van der Waals surface area contributed by atoms with E-state index in [0.717, 1.165) is 4.47 Å². The average Bonchev–Trinajstić information content (AvgIpc) is 2.23. The monoisotopic (exact) mass is 237 g/mol. The zero-order valence-corrected chi connectivity index (χ0v) is 8.17. The van der Waals surface area contributed by atoms with Gasteiger partial charge in [-0.3, -0.25) is 9.97 Å². The van der Waals surface area contributed by atoms with Gasteiger partial charge in [-0.1, -0.05) is 28.1 Å². The lowest BCUT2D eigenvalue weighted by Gasteiger charge is -1.98. The smallest absolute Gasteiger partial charge is 0.0885 e. The van der Waals surface area contributed by atoms with Crippen LogP contribution in [0.5, 0.6) is 0 Å². The fourth-order valence-electron chi connectivity index (χ4n) is 0.977. The Kier molecular flexibility index (Phi) is 1.55.